The average Bonchev–Trinajstić information content (AvgIpc) is 2.38. The second-order valence-electron chi connectivity index (χ2n) is 3.99. The van der Waals surface area contributed by atoms with Crippen molar-refractivity contribution in [3.05, 3.63) is 48.2 Å². The molecule has 6 heteroatoms. The SMILES string of the molecule is CS(=O)(=O)c1cccnc1Oc1cccc(CO)c1. The van der Waals surface area contributed by atoms with Gasteiger partial charge in [-0.15, -0.1) is 0 Å². The Bertz CT molecular complexity index is 683. The van der Waals surface area contributed by atoms with Crippen LogP contribution < -0.4 is 4.74 Å². The molecule has 0 saturated carbocycles. The van der Waals surface area contributed by atoms with Gasteiger partial charge >= 0.3 is 0 Å². The van der Waals surface area contributed by atoms with E-state index in [1.165, 1.54) is 18.3 Å². The summed E-state index contributed by atoms with van der Waals surface area (Å²) in [4.78, 5) is 3.96. The van der Waals surface area contributed by atoms with Crippen molar-refractivity contribution in [2.75, 3.05) is 6.26 Å². The van der Waals surface area contributed by atoms with Gasteiger partial charge in [-0.3, -0.25) is 0 Å². The average molecular weight is 279 g/mol. The molecule has 1 aromatic carbocycles. The van der Waals surface area contributed by atoms with Crippen LogP contribution >= 0.6 is 0 Å². The number of ether oxygens (including phenoxy) is 1. The summed E-state index contributed by atoms with van der Waals surface area (Å²) in [5.74, 6) is 0.454. The third-order valence-electron chi connectivity index (χ3n) is 2.43. The van der Waals surface area contributed by atoms with Gasteiger partial charge in [0.05, 0.1) is 6.61 Å². The van der Waals surface area contributed by atoms with Crippen LogP contribution in [0.5, 0.6) is 11.6 Å². The number of sulfone groups is 1. The number of rotatable bonds is 4. The lowest BCUT2D eigenvalue weighted by atomic mass is 10.2. The smallest absolute Gasteiger partial charge is 0.238 e. The molecule has 0 aliphatic rings. The van der Waals surface area contributed by atoms with E-state index >= 15 is 0 Å². The molecule has 0 unspecified atom stereocenters. The summed E-state index contributed by atoms with van der Waals surface area (Å²) >= 11 is 0. The Morgan fingerprint density at radius 1 is 1.26 bits per heavy atom. The zero-order valence-electron chi connectivity index (χ0n) is 10.3. The number of nitrogens with zero attached hydrogens (tertiary/aromatic N) is 1. The van der Waals surface area contributed by atoms with Gasteiger partial charge in [0.2, 0.25) is 5.88 Å². The Hall–Kier alpha value is -1.92. The van der Waals surface area contributed by atoms with Gasteiger partial charge in [-0.05, 0) is 29.8 Å². The van der Waals surface area contributed by atoms with Crippen molar-refractivity contribution in [1.29, 1.82) is 0 Å². The highest BCUT2D eigenvalue weighted by molar-refractivity contribution is 7.90. The number of aliphatic hydroxyl groups excluding tert-OH is 1. The molecular weight excluding hydrogens is 266 g/mol. The first-order valence-electron chi connectivity index (χ1n) is 5.53. The third kappa shape index (κ3) is 3.30. The summed E-state index contributed by atoms with van der Waals surface area (Å²) in [5, 5.41) is 9.04. The maximum atomic E-state index is 11.6. The fraction of sp³-hybridized carbons (Fsp3) is 0.154. The normalized spacial score (nSPS) is 11.3. The molecule has 0 radical (unpaired) electrons. The summed E-state index contributed by atoms with van der Waals surface area (Å²) in [5.41, 5.74) is 0.675. The van der Waals surface area contributed by atoms with Gasteiger partial charge in [0, 0.05) is 12.5 Å². The molecule has 0 atom stereocenters. The van der Waals surface area contributed by atoms with Crippen LogP contribution in [0.2, 0.25) is 0 Å². The first-order chi connectivity index (χ1) is 9.00. The van der Waals surface area contributed by atoms with Gasteiger partial charge in [-0.1, -0.05) is 12.1 Å². The van der Waals surface area contributed by atoms with Gasteiger partial charge in [-0.2, -0.15) is 0 Å². The van der Waals surface area contributed by atoms with E-state index < -0.39 is 9.84 Å². The molecule has 1 heterocycles. The van der Waals surface area contributed by atoms with Crippen LogP contribution in [0.15, 0.2) is 47.5 Å². The van der Waals surface area contributed by atoms with Crippen LogP contribution in [0, 0.1) is 0 Å². The molecule has 1 N–H and O–H groups in total. The molecule has 0 amide bonds. The summed E-state index contributed by atoms with van der Waals surface area (Å²) in [6.07, 6.45) is 2.56. The minimum atomic E-state index is -3.41. The largest absolute Gasteiger partial charge is 0.438 e. The first kappa shape index (κ1) is 13.5. The fourth-order valence-electron chi connectivity index (χ4n) is 1.55. The predicted molar refractivity (Wildman–Crippen MR) is 69.8 cm³/mol. The molecule has 5 nitrogen and oxygen atoms in total. The molecule has 100 valence electrons. The van der Waals surface area contributed by atoms with Gasteiger partial charge in [0.25, 0.3) is 0 Å². The van der Waals surface area contributed by atoms with Crippen LogP contribution in [-0.4, -0.2) is 24.8 Å². The summed E-state index contributed by atoms with van der Waals surface area (Å²) < 4.78 is 28.7. The Kier molecular flexibility index (Phi) is 3.82. The van der Waals surface area contributed by atoms with E-state index in [2.05, 4.69) is 4.98 Å². The summed E-state index contributed by atoms with van der Waals surface area (Å²) in [6, 6.07) is 9.72. The van der Waals surface area contributed by atoms with Crippen molar-refractivity contribution in [3.63, 3.8) is 0 Å². The predicted octanol–water partition coefficient (Wildman–Crippen LogP) is 1.77. The molecule has 0 saturated heterocycles. The van der Waals surface area contributed by atoms with Crippen molar-refractivity contribution in [2.24, 2.45) is 0 Å². The molecule has 0 fully saturated rings. The molecule has 2 rings (SSSR count). The minimum absolute atomic E-state index is 0.0279. The van der Waals surface area contributed by atoms with E-state index in [-0.39, 0.29) is 17.4 Å². The highest BCUT2D eigenvalue weighted by Crippen LogP contribution is 2.26. The van der Waals surface area contributed by atoms with Gasteiger partial charge in [0.15, 0.2) is 9.84 Å². The van der Waals surface area contributed by atoms with E-state index in [9.17, 15) is 8.42 Å². The third-order valence-corrected chi connectivity index (χ3v) is 3.54. The number of aliphatic hydroxyl groups is 1. The van der Waals surface area contributed by atoms with Crippen molar-refractivity contribution >= 4 is 9.84 Å². The molecule has 0 bridgehead atoms. The van der Waals surface area contributed by atoms with E-state index in [0.717, 1.165) is 6.26 Å². The lowest BCUT2D eigenvalue weighted by molar-refractivity contribution is 0.281. The molecule has 1 aromatic heterocycles. The molecule has 2 aromatic rings. The highest BCUT2D eigenvalue weighted by atomic mass is 32.2. The van der Waals surface area contributed by atoms with E-state index in [0.29, 0.717) is 11.3 Å². The second-order valence-corrected chi connectivity index (χ2v) is 5.97. The fourth-order valence-corrected chi connectivity index (χ4v) is 2.29. The number of hydrogen-bond donors (Lipinski definition) is 1. The quantitative estimate of drug-likeness (QED) is 0.923. The van der Waals surface area contributed by atoms with Gasteiger partial charge in [0.1, 0.15) is 10.6 Å². The Labute approximate surface area is 111 Å². The molecule has 0 aliphatic heterocycles. The van der Waals surface area contributed by atoms with Crippen molar-refractivity contribution < 1.29 is 18.3 Å². The number of hydrogen-bond acceptors (Lipinski definition) is 5. The molecule has 19 heavy (non-hydrogen) atoms. The van der Waals surface area contributed by atoms with Crippen molar-refractivity contribution in [2.45, 2.75) is 11.5 Å². The Morgan fingerprint density at radius 3 is 2.74 bits per heavy atom. The van der Waals surface area contributed by atoms with Crippen LogP contribution in [-0.2, 0) is 16.4 Å². The topological polar surface area (TPSA) is 76.5 Å². The maximum absolute atomic E-state index is 11.6. The zero-order chi connectivity index (χ0) is 13.9. The Morgan fingerprint density at radius 2 is 2.05 bits per heavy atom. The second kappa shape index (κ2) is 5.38. The summed E-state index contributed by atoms with van der Waals surface area (Å²) in [6.45, 7) is -0.113. The lowest BCUT2D eigenvalue weighted by Crippen LogP contribution is -2.01. The molecular formula is C13H13NO4S. The van der Waals surface area contributed by atoms with Gasteiger partial charge in [-0.25, -0.2) is 13.4 Å². The van der Waals surface area contributed by atoms with Crippen LogP contribution in [0.1, 0.15) is 5.56 Å². The summed E-state index contributed by atoms with van der Waals surface area (Å²) in [7, 11) is -3.41. The monoisotopic (exact) mass is 279 g/mol. The van der Waals surface area contributed by atoms with Crippen LogP contribution in [0.4, 0.5) is 0 Å². The Balaban J connectivity index is 2.38. The number of benzene rings is 1. The number of aromatic nitrogens is 1. The van der Waals surface area contributed by atoms with Crippen LogP contribution in [0.3, 0.4) is 0 Å². The number of pyridine rings is 1. The first-order valence-corrected chi connectivity index (χ1v) is 7.42. The van der Waals surface area contributed by atoms with Crippen molar-refractivity contribution in [1.82, 2.24) is 4.98 Å². The minimum Gasteiger partial charge on any atom is -0.438 e. The zero-order valence-corrected chi connectivity index (χ0v) is 11.1. The highest BCUT2D eigenvalue weighted by Gasteiger charge is 2.15. The molecule has 0 spiro atoms. The lowest BCUT2D eigenvalue weighted by Gasteiger charge is -2.09. The van der Waals surface area contributed by atoms with E-state index in [1.54, 1.807) is 24.3 Å². The standard InChI is InChI=1S/C13H13NO4S/c1-19(16,17)12-6-3-7-14-13(12)18-11-5-2-4-10(8-11)9-15/h2-8,15H,9H2,1H3. The van der Waals surface area contributed by atoms with E-state index in [4.69, 9.17) is 9.84 Å². The van der Waals surface area contributed by atoms with Crippen molar-refractivity contribution in [3.8, 4) is 11.6 Å². The molecule has 0 aliphatic carbocycles. The van der Waals surface area contributed by atoms with E-state index in [1.807, 2.05) is 0 Å². The van der Waals surface area contributed by atoms with Crippen LogP contribution in [0.25, 0.3) is 0 Å². The van der Waals surface area contributed by atoms with Gasteiger partial charge < -0.3 is 9.84 Å². The maximum Gasteiger partial charge on any atom is 0.238 e.